The third-order valence-corrected chi connectivity index (χ3v) is 5.39. The fraction of sp³-hybridized carbons (Fsp3) is 0.409. The molecule has 3 nitrogen and oxygen atoms in total. The van der Waals surface area contributed by atoms with E-state index in [1.165, 1.54) is 16.8 Å². The zero-order valence-electron chi connectivity index (χ0n) is 16.5. The molecule has 0 bridgehead atoms. The van der Waals surface area contributed by atoms with Gasteiger partial charge in [-0.15, -0.1) is 0 Å². The van der Waals surface area contributed by atoms with Gasteiger partial charge in [0.2, 0.25) is 0 Å². The fourth-order valence-corrected chi connectivity index (χ4v) is 4.08. The molecule has 0 saturated heterocycles. The van der Waals surface area contributed by atoms with Crippen LogP contribution in [0.4, 0.5) is 0 Å². The summed E-state index contributed by atoms with van der Waals surface area (Å²) in [6.07, 6.45) is 3.27. The highest BCUT2D eigenvalue weighted by Crippen LogP contribution is 2.38. The molecule has 1 atom stereocenters. The molecule has 0 fully saturated rings. The van der Waals surface area contributed by atoms with E-state index in [0.29, 0.717) is 5.92 Å². The first kappa shape index (κ1) is 19.0. The van der Waals surface area contributed by atoms with E-state index in [-0.39, 0.29) is 0 Å². The number of hydrogen-bond donors (Lipinski definition) is 0. The molecule has 138 valence electrons. The number of nitrogens with zero attached hydrogens (tertiary/aromatic N) is 2. The molecule has 1 unspecified atom stereocenters. The predicted octanol–water partition coefficient (Wildman–Crippen LogP) is 6.40. The molecule has 0 aromatic heterocycles. The standard InChI is InChI=1S/C22H27BrN2O/c1-7-13(2)12-26-21-16(5)11-25(22-19(21)10-17(6)24-22)20-14(3)8-18(23)9-15(20)4/h8-11,13H,7,12H2,1-6H3. The summed E-state index contributed by atoms with van der Waals surface area (Å²) in [5.74, 6) is 2.46. The highest BCUT2D eigenvalue weighted by atomic mass is 79.9. The summed E-state index contributed by atoms with van der Waals surface area (Å²) in [4.78, 5) is 4.81. The molecule has 3 rings (SSSR count). The number of hydrogen-bond acceptors (Lipinski definition) is 2. The first-order valence-electron chi connectivity index (χ1n) is 9.21. The van der Waals surface area contributed by atoms with Crippen LogP contribution in [0.5, 0.6) is 5.75 Å². The number of aryl methyl sites for hydroxylation is 4. The Morgan fingerprint density at radius 2 is 1.73 bits per heavy atom. The number of halogens is 1. The van der Waals surface area contributed by atoms with Crippen LogP contribution in [0.3, 0.4) is 0 Å². The molecule has 2 aliphatic heterocycles. The van der Waals surface area contributed by atoms with E-state index in [1.807, 2.05) is 6.92 Å². The third kappa shape index (κ3) is 3.52. The highest BCUT2D eigenvalue weighted by molar-refractivity contribution is 9.10. The second-order valence-corrected chi connectivity index (χ2v) is 8.27. The van der Waals surface area contributed by atoms with Gasteiger partial charge < -0.3 is 9.30 Å². The van der Waals surface area contributed by atoms with E-state index >= 15 is 0 Å². The molecule has 2 aliphatic rings. The number of ether oxygens (including phenoxy) is 1. The molecule has 0 amide bonds. The van der Waals surface area contributed by atoms with Crippen LogP contribution in [-0.2, 0) is 0 Å². The smallest absolute Gasteiger partial charge is 0.148 e. The maximum atomic E-state index is 6.23. The van der Waals surface area contributed by atoms with Crippen LogP contribution in [0.2, 0.25) is 0 Å². The zero-order valence-corrected chi connectivity index (χ0v) is 18.1. The number of rotatable bonds is 5. The second kappa shape index (κ2) is 7.43. The van der Waals surface area contributed by atoms with E-state index in [2.05, 4.69) is 79.5 Å². The Bertz CT molecular complexity index is 890. The van der Waals surface area contributed by atoms with Gasteiger partial charge in [-0.3, -0.25) is 0 Å². The van der Waals surface area contributed by atoms with Gasteiger partial charge in [-0.05, 0) is 62.9 Å². The maximum absolute atomic E-state index is 6.23. The topological polar surface area (TPSA) is 27.1 Å². The number of aromatic nitrogens is 2. The lowest BCUT2D eigenvalue weighted by atomic mass is 10.1. The van der Waals surface area contributed by atoms with Crippen LogP contribution in [0.1, 0.15) is 42.7 Å². The monoisotopic (exact) mass is 414 g/mol. The van der Waals surface area contributed by atoms with Crippen LogP contribution in [0.15, 0.2) is 28.9 Å². The summed E-state index contributed by atoms with van der Waals surface area (Å²) in [6.45, 7) is 13.6. The Morgan fingerprint density at radius 1 is 1.08 bits per heavy atom. The van der Waals surface area contributed by atoms with E-state index < -0.39 is 0 Å². The molecule has 4 heteroatoms. The van der Waals surface area contributed by atoms with Crippen molar-refractivity contribution in [1.29, 1.82) is 0 Å². The highest BCUT2D eigenvalue weighted by Gasteiger charge is 2.22. The summed E-state index contributed by atoms with van der Waals surface area (Å²) >= 11 is 3.60. The molecule has 1 aromatic carbocycles. The lowest BCUT2D eigenvalue weighted by Crippen LogP contribution is -2.12. The Balaban J connectivity index is 2.18. The van der Waals surface area contributed by atoms with E-state index in [4.69, 9.17) is 9.72 Å². The largest absolute Gasteiger partial charge is 0.492 e. The van der Waals surface area contributed by atoms with Crippen LogP contribution in [-0.4, -0.2) is 16.2 Å². The average molecular weight is 415 g/mol. The first-order valence-corrected chi connectivity index (χ1v) is 10.00. The number of fused-ring (bicyclic) bond motifs is 1. The summed E-state index contributed by atoms with van der Waals surface area (Å²) in [7, 11) is 0. The van der Waals surface area contributed by atoms with Crippen LogP contribution in [0.25, 0.3) is 17.1 Å². The van der Waals surface area contributed by atoms with Crippen molar-refractivity contribution in [3.63, 3.8) is 0 Å². The molecule has 26 heavy (non-hydrogen) atoms. The minimum absolute atomic E-state index is 0.539. The average Bonchev–Trinajstić information content (AvgIpc) is 2.94. The van der Waals surface area contributed by atoms with Gasteiger partial charge in [-0.1, -0.05) is 36.2 Å². The predicted molar refractivity (Wildman–Crippen MR) is 112 cm³/mol. The van der Waals surface area contributed by atoms with Gasteiger partial charge in [0.15, 0.2) is 0 Å². The summed E-state index contributed by atoms with van der Waals surface area (Å²) in [6, 6.07) is 6.44. The minimum atomic E-state index is 0.539. The van der Waals surface area contributed by atoms with Crippen molar-refractivity contribution in [3.05, 3.63) is 51.3 Å². The van der Waals surface area contributed by atoms with Crippen molar-refractivity contribution in [2.45, 2.75) is 48.0 Å². The summed E-state index contributed by atoms with van der Waals surface area (Å²) < 4.78 is 9.54. The SMILES string of the molecule is CCC(C)COc1c(C)cn(-c2c(C)cc(Br)cc2C)c2nc(C)cc1-2. The van der Waals surface area contributed by atoms with Gasteiger partial charge in [0.1, 0.15) is 11.6 Å². The molecule has 2 heterocycles. The van der Waals surface area contributed by atoms with Crippen LogP contribution < -0.4 is 4.74 Å². The molecule has 0 aliphatic carbocycles. The van der Waals surface area contributed by atoms with Gasteiger partial charge in [-0.25, -0.2) is 4.98 Å². The minimum Gasteiger partial charge on any atom is -0.492 e. The van der Waals surface area contributed by atoms with Gasteiger partial charge in [0, 0.05) is 21.9 Å². The Kier molecular flexibility index (Phi) is 5.42. The fourth-order valence-electron chi connectivity index (χ4n) is 3.40. The van der Waals surface area contributed by atoms with Crippen molar-refractivity contribution in [1.82, 2.24) is 9.55 Å². The zero-order chi connectivity index (χ0) is 19.0. The third-order valence-electron chi connectivity index (χ3n) is 4.94. The Hall–Kier alpha value is -1.81. The number of benzene rings is 1. The molecule has 0 saturated carbocycles. The number of pyridine rings is 1. The molecular weight excluding hydrogens is 388 g/mol. The maximum Gasteiger partial charge on any atom is 0.148 e. The van der Waals surface area contributed by atoms with Crippen LogP contribution >= 0.6 is 15.9 Å². The van der Waals surface area contributed by atoms with Crippen molar-refractivity contribution < 1.29 is 4.74 Å². The lowest BCUT2D eigenvalue weighted by molar-refractivity contribution is 0.255. The van der Waals surface area contributed by atoms with E-state index in [0.717, 1.165) is 45.9 Å². The summed E-state index contributed by atoms with van der Waals surface area (Å²) in [5.41, 5.74) is 6.86. The van der Waals surface area contributed by atoms with Gasteiger partial charge >= 0.3 is 0 Å². The molecule has 1 aromatic rings. The molecular formula is C22H27BrN2O. The van der Waals surface area contributed by atoms with E-state index in [9.17, 15) is 0 Å². The van der Waals surface area contributed by atoms with E-state index in [1.54, 1.807) is 0 Å². The van der Waals surface area contributed by atoms with Crippen molar-refractivity contribution in [2.75, 3.05) is 6.61 Å². The normalized spacial score (nSPS) is 12.6. The molecule has 0 N–H and O–H groups in total. The molecule has 0 spiro atoms. The van der Waals surface area contributed by atoms with Crippen molar-refractivity contribution in [2.24, 2.45) is 5.92 Å². The second-order valence-electron chi connectivity index (χ2n) is 7.36. The Morgan fingerprint density at radius 3 is 2.35 bits per heavy atom. The summed E-state index contributed by atoms with van der Waals surface area (Å²) in [5, 5.41) is 0. The Labute approximate surface area is 164 Å². The van der Waals surface area contributed by atoms with Crippen molar-refractivity contribution in [3.8, 4) is 22.8 Å². The van der Waals surface area contributed by atoms with Crippen molar-refractivity contribution >= 4 is 15.9 Å². The van der Waals surface area contributed by atoms with Gasteiger partial charge in [-0.2, -0.15) is 0 Å². The quantitative estimate of drug-likeness (QED) is 0.482. The van der Waals surface area contributed by atoms with Gasteiger partial charge in [0.05, 0.1) is 17.9 Å². The van der Waals surface area contributed by atoms with Crippen LogP contribution in [0, 0.1) is 33.6 Å². The van der Waals surface area contributed by atoms with Gasteiger partial charge in [0.25, 0.3) is 0 Å². The lowest BCUT2D eigenvalue weighted by Gasteiger charge is -2.22. The first-order chi connectivity index (χ1) is 12.3. The molecule has 0 radical (unpaired) electrons.